The number of hydrogen-bond donors (Lipinski definition) is 6. The summed E-state index contributed by atoms with van der Waals surface area (Å²) >= 11 is 0. The van der Waals surface area contributed by atoms with Crippen molar-refractivity contribution in [3.05, 3.63) is 11.1 Å². The lowest BCUT2D eigenvalue weighted by molar-refractivity contribution is -0.299. The van der Waals surface area contributed by atoms with Crippen molar-refractivity contribution in [1.82, 2.24) is 0 Å². The van der Waals surface area contributed by atoms with Crippen molar-refractivity contribution in [2.45, 2.75) is 152 Å². The first-order valence-corrected chi connectivity index (χ1v) is 19.3. The molecular formula is C38H54O16. The Morgan fingerprint density at radius 1 is 0.944 bits per heavy atom. The molecule has 0 bridgehead atoms. The minimum absolute atomic E-state index is 0.168. The molecule has 7 fully saturated rings. The lowest BCUT2D eigenvalue weighted by Crippen LogP contribution is -2.72. The average molecular weight is 767 g/mol. The summed E-state index contributed by atoms with van der Waals surface area (Å²) in [5.74, 6) is -3.22. The van der Waals surface area contributed by atoms with E-state index >= 15 is 0 Å². The first-order valence-electron chi connectivity index (χ1n) is 19.3. The lowest BCUT2D eigenvalue weighted by atomic mass is 9.41. The van der Waals surface area contributed by atoms with E-state index in [1.165, 1.54) is 13.8 Å². The standard InChI is InChI=1S/C38H54O16/c1-13-7-21(52-34(46)17(13)12-48-35-29(45)28(44)27(43)23(11-39)53-35)14(2)26-20(42)8-18-25-19(9-24(36(18,26)5)49-15(3)40)37(6)32(50-16(4)41)30-22(51-30)10-38(37,47)33-31(25)54-33/h14,18-33,35,39,42-45,47H,7-12H2,1-6H3. The van der Waals surface area contributed by atoms with Crippen LogP contribution in [0.15, 0.2) is 11.1 Å². The molecule has 16 heteroatoms. The van der Waals surface area contributed by atoms with Gasteiger partial charge in [-0.25, -0.2) is 4.79 Å². The van der Waals surface area contributed by atoms with E-state index in [0.717, 1.165) is 0 Å². The Morgan fingerprint density at radius 2 is 1.65 bits per heavy atom. The van der Waals surface area contributed by atoms with Gasteiger partial charge in [-0.2, -0.15) is 0 Å². The van der Waals surface area contributed by atoms with Crippen molar-refractivity contribution >= 4 is 17.9 Å². The summed E-state index contributed by atoms with van der Waals surface area (Å²) < 4.78 is 41.6. The number of cyclic esters (lactones) is 1. The predicted molar refractivity (Wildman–Crippen MR) is 179 cm³/mol. The summed E-state index contributed by atoms with van der Waals surface area (Å²) in [4.78, 5) is 38.8. The van der Waals surface area contributed by atoms with E-state index < -0.39 is 114 Å². The molecule has 0 aromatic carbocycles. The number of hydrogen-bond acceptors (Lipinski definition) is 16. The largest absolute Gasteiger partial charge is 0.462 e. The van der Waals surface area contributed by atoms with Gasteiger partial charge in [-0.3, -0.25) is 9.59 Å². The number of epoxide rings is 2. The maximum absolute atomic E-state index is 13.5. The molecule has 4 heterocycles. The summed E-state index contributed by atoms with van der Waals surface area (Å²) in [5, 5.41) is 64.7. The van der Waals surface area contributed by atoms with Crippen LogP contribution in [0.4, 0.5) is 0 Å². The van der Waals surface area contributed by atoms with Crippen LogP contribution in [-0.4, -0.2) is 147 Å². The molecule has 54 heavy (non-hydrogen) atoms. The van der Waals surface area contributed by atoms with Gasteiger partial charge in [-0.1, -0.05) is 26.3 Å². The van der Waals surface area contributed by atoms with Crippen molar-refractivity contribution in [2.24, 2.45) is 40.4 Å². The second kappa shape index (κ2) is 13.1. The van der Waals surface area contributed by atoms with Gasteiger partial charge in [0, 0.05) is 43.4 Å². The van der Waals surface area contributed by atoms with Gasteiger partial charge in [-0.15, -0.1) is 0 Å². The highest BCUT2D eigenvalue weighted by Gasteiger charge is 2.84. The van der Waals surface area contributed by atoms with Crippen LogP contribution in [0.1, 0.15) is 67.2 Å². The molecule has 302 valence electrons. The van der Waals surface area contributed by atoms with E-state index in [1.807, 2.05) is 20.8 Å². The van der Waals surface area contributed by atoms with E-state index in [4.69, 9.17) is 33.2 Å². The summed E-state index contributed by atoms with van der Waals surface area (Å²) in [5.41, 5.74) is -2.29. The van der Waals surface area contributed by atoms with Crippen molar-refractivity contribution < 1.29 is 78.2 Å². The first kappa shape index (κ1) is 38.6. The number of fused-ring (bicyclic) bond motifs is 9. The Morgan fingerprint density at radius 3 is 2.30 bits per heavy atom. The monoisotopic (exact) mass is 766 g/mol. The molecule has 8 aliphatic rings. The third kappa shape index (κ3) is 5.49. The molecule has 21 unspecified atom stereocenters. The van der Waals surface area contributed by atoms with Gasteiger partial charge in [0.1, 0.15) is 60.5 Å². The molecule has 0 aromatic rings. The van der Waals surface area contributed by atoms with Gasteiger partial charge in [-0.05, 0) is 43.4 Å². The van der Waals surface area contributed by atoms with Gasteiger partial charge in [0.05, 0.1) is 37.1 Å². The topological polar surface area (TPSA) is 244 Å². The Bertz CT molecular complexity index is 1580. The van der Waals surface area contributed by atoms with Crippen LogP contribution < -0.4 is 0 Å². The number of esters is 3. The molecule has 0 spiro atoms. The summed E-state index contributed by atoms with van der Waals surface area (Å²) in [7, 11) is 0. The number of rotatable bonds is 8. The molecular weight excluding hydrogens is 712 g/mol. The summed E-state index contributed by atoms with van der Waals surface area (Å²) in [6.45, 7) is 9.42. The van der Waals surface area contributed by atoms with Gasteiger partial charge >= 0.3 is 17.9 Å². The Labute approximate surface area is 313 Å². The van der Waals surface area contributed by atoms with Crippen molar-refractivity contribution in [3.8, 4) is 0 Å². The van der Waals surface area contributed by atoms with Crippen LogP contribution in [0.3, 0.4) is 0 Å². The Kier molecular flexibility index (Phi) is 9.40. The predicted octanol–water partition coefficient (Wildman–Crippen LogP) is -0.737. The summed E-state index contributed by atoms with van der Waals surface area (Å²) in [6, 6.07) is 0. The molecule has 4 aliphatic carbocycles. The van der Waals surface area contributed by atoms with Crippen molar-refractivity contribution in [2.75, 3.05) is 13.2 Å². The maximum Gasteiger partial charge on any atom is 0.336 e. The number of ether oxygens (including phenoxy) is 7. The highest BCUT2D eigenvalue weighted by atomic mass is 16.7. The third-order valence-corrected chi connectivity index (χ3v) is 15.1. The minimum Gasteiger partial charge on any atom is -0.462 e. The fourth-order valence-corrected chi connectivity index (χ4v) is 12.4. The molecule has 21 atom stereocenters. The zero-order valence-electron chi connectivity index (χ0n) is 31.4. The lowest BCUT2D eigenvalue weighted by Gasteiger charge is -2.63. The Hall–Kier alpha value is -2.25. The van der Waals surface area contributed by atoms with E-state index in [-0.39, 0.29) is 48.2 Å². The molecule has 0 radical (unpaired) electrons. The van der Waals surface area contributed by atoms with Gasteiger partial charge in [0.2, 0.25) is 0 Å². The first-order chi connectivity index (χ1) is 25.4. The van der Waals surface area contributed by atoms with Crippen LogP contribution in [0.5, 0.6) is 0 Å². The third-order valence-electron chi connectivity index (χ3n) is 15.1. The fraction of sp³-hybridized carbons (Fsp3) is 0.868. The molecule has 0 amide bonds. The van der Waals surface area contributed by atoms with Gasteiger partial charge < -0.3 is 63.8 Å². The number of aliphatic hydroxyl groups is 6. The number of aliphatic hydroxyl groups excluding tert-OH is 5. The number of carbonyl (C=O) groups is 3. The smallest absolute Gasteiger partial charge is 0.336 e. The maximum atomic E-state index is 13.5. The molecule has 4 aliphatic heterocycles. The molecule has 8 rings (SSSR count). The van der Waals surface area contributed by atoms with E-state index in [2.05, 4.69) is 0 Å². The van der Waals surface area contributed by atoms with Gasteiger partial charge in [0.25, 0.3) is 0 Å². The molecule has 3 saturated heterocycles. The van der Waals surface area contributed by atoms with E-state index in [0.29, 0.717) is 31.3 Å². The van der Waals surface area contributed by atoms with Crippen LogP contribution >= 0.6 is 0 Å². The average Bonchev–Trinajstić information content (AvgIpc) is 4.02. The van der Waals surface area contributed by atoms with E-state index in [9.17, 15) is 45.0 Å². The highest BCUT2D eigenvalue weighted by molar-refractivity contribution is 5.90. The zero-order valence-corrected chi connectivity index (χ0v) is 31.4. The van der Waals surface area contributed by atoms with Gasteiger partial charge in [0.15, 0.2) is 6.29 Å². The highest BCUT2D eigenvalue weighted by Crippen LogP contribution is 2.74. The Balaban J connectivity index is 1.06. The second-order valence-corrected chi connectivity index (χ2v) is 17.7. The van der Waals surface area contributed by atoms with E-state index in [1.54, 1.807) is 6.92 Å². The van der Waals surface area contributed by atoms with Crippen molar-refractivity contribution in [3.63, 3.8) is 0 Å². The fourth-order valence-electron chi connectivity index (χ4n) is 12.4. The van der Waals surface area contributed by atoms with Crippen LogP contribution in [0, 0.1) is 40.4 Å². The molecule has 16 nitrogen and oxygen atoms in total. The van der Waals surface area contributed by atoms with Crippen molar-refractivity contribution in [1.29, 1.82) is 0 Å². The SMILES string of the molecule is CC(=O)OC1CC2C(C3OC3C3(O)CC4OC4C(OC(C)=O)C23C)C2CC(O)C(C(C)C3CC(C)=C(COC4OC(CO)C(O)C(O)C4O)C(=O)O3)C12C. The molecule has 0 aromatic heterocycles. The van der Waals surface area contributed by atoms with Crippen LogP contribution in [0.25, 0.3) is 0 Å². The quantitative estimate of drug-likeness (QED) is 0.101. The zero-order chi connectivity index (χ0) is 39.0. The minimum atomic E-state index is -1.63. The second-order valence-electron chi connectivity index (χ2n) is 17.7. The molecule has 6 N–H and O–H groups in total. The normalized spacial score (nSPS) is 53.5. The molecule has 4 saturated carbocycles. The van der Waals surface area contributed by atoms with Crippen LogP contribution in [0.2, 0.25) is 0 Å². The number of carbonyl (C=O) groups excluding carboxylic acids is 3. The van der Waals surface area contributed by atoms with Crippen LogP contribution in [-0.2, 0) is 47.5 Å². The summed E-state index contributed by atoms with van der Waals surface area (Å²) in [6.07, 6.45) is -10.5.